The zero-order valence-corrected chi connectivity index (χ0v) is 14.4. The van der Waals surface area contributed by atoms with Crippen LogP contribution in [-0.4, -0.2) is 10.9 Å². The number of pyridine rings is 1. The van der Waals surface area contributed by atoms with Crippen molar-refractivity contribution in [2.24, 2.45) is 0 Å². The van der Waals surface area contributed by atoms with Gasteiger partial charge in [0.15, 0.2) is 0 Å². The number of benzene rings is 2. The highest BCUT2D eigenvalue weighted by atomic mass is 16.1. The van der Waals surface area contributed by atoms with Gasteiger partial charge in [-0.1, -0.05) is 36.8 Å². The van der Waals surface area contributed by atoms with Crippen molar-refractivity contribution in [2.45, 2.75) is 20.3 Å². The lowest BCUT2D eigenvalue weighted by molar-refractivity contribution is 0.102. The van der Waals surface area contributed by atoms with Crippen molar-refractivity contribution in [3.8, 4) is 0 Å². The number of nitrogens with zero attached hydrogens (tertiary/aromatic N) is 1. The first-order valence-corrected chi connectivity index (χ1v) is 8.34. The van der Waals surface area contributed by atoms with E-state index in [1.165, 1.54) is 5.56 Å². The van der Waals surface area contributed by atoms with Gasteiger partial charge in [-0.15, -0.1) is 0 Å². The predicted molar refractivity (Wildman–Crippen MR) is 102 cm³/mol. The molecule has 126 valence electrons. The Morgan fingerprint density at radius 2 is 1.60 bits per heavy atom. The third-order valence-electron chi connectivity index (χ3n) is 3.95. The summed E-state index contributed by atoms with van der Waals surface area (Å²) in [7, 11) is 0. The molecule has 0 saturated heterocycles. The van der Waals surface area contributed by atoms with Gasteiger partial charge in [-0.2, -0.15) is 0 Å². The van der Waals surface area contributed by atoms with Crippen molar-refractivity contribution in [1.82, 2.24) is 4.98 Å². The van der Waals surface area contributed by atoms with E-state index in [0.29, 0.717) is 5.69 Å². The predicted octanol–water partition coefficient (Wildman–Crippen LogP) is 4.95. The highest BCUT2D eigenvalue weighted by molar-refractivity contribution is 6.03. The Balaban J connectivity index is 1.71. The maximum absolute atomic E-state index is 12.4. The number of carbonyl (C=O) groups excluding carboxylic acids is 1. The number of nitrogens with one attached hydrogen (secondary N) is 2. The molecule has 4 heteroatoms. The molecule has 0 aliphatic heterocycles. The number of amides is 1. The van der Waals surface area contributed by atoms with E-state index in [0.717, 1.165) is 29.0 Å². The van der Waals surface area contributed by atoms with Crippen LogP contribution in [-0.2, 0) is 6.42 Å². The molecule has 25 heavy (non-hydrogen) atoms. The molecular weight excluding hydrogens is 310 g/mol. The van der Waals surface area contributed by atoms with Crippen molar-refractivity contribution >= 4 is 23.0 Å². The SMILES string of the molecule is CCc1ccc(Nc2ccnc(C(=O)Nc3ccc(C)cc3)c2)cc1. The molecule has 2 N–H and O–H groups in total. The second-order valence-corrected chi connectivity index (χ2v) is 5.93. The minimum absolute atomic E-state index is 0.228. The standard InChI is InChI=1S/C21H21N3O/c1-3-16-6-10-17(11-7-16)23-19-12-13-22-20(14-19)21(25)24-18-8-4-15(2)5-9-18/h4-14H,3H2,1-2H3,(H,22,23)(H,24,25). The molecule has 0 aliphatic carbocycles. The highest BCUT2D eigenvalue weighted by Gasteiger charge is 2.08. The van der Waals surface area contributed by atoms with Crippen LogP contribution in [0.15, 0.2) is 66.9 Å². The average Bonchev–Trinajstić information content (AvgIpc) is 2.64. The van der Waals surface area contributed by atoms with Crippen molar-refractivity contribution in [3.05, 3.63) is 83.7 Å². The average molecular weight is 331 g/mol. The number of hydrogen-bond acceptors (Lipinski definition) is 3. The molecule has 0 fully saturated rings. The van der Waals surface area contributed by atoms with Crippen LogP contribution >= 0.6 is 0 Å². The summed E-state index contributed by atoms with van der Waals surface area (Å²) in [4.78, 5) is 16.6. The zero-order chi connectivity index (χ0) is 17.6. The molecule has 0 atom stereocenters. The van der Waals surface area contributed by atoms with E-state index in [-0.39, 0.29) is 5.91 Å². The quantitative estimate of drug-likeness (QED) is 0.695. The number of aromatic nitrogens is 1. The Hall–Kier alpha value is -3.14. The van der Waals surface area contributed by atoms with E-state index in [1.54, 1.807) is 12.3 Å². The van der Waals surface area contributed by atoms with Gasteiger partial charge in [0, 0.05) is 23.3 Å². The zero-order valence-electron chi connectivity index (χ0n) is 14.4. The van der Waals surface area contributed by atoms with Gasteiger partial charge < -0.3 is 10.6 Å². The Morgan fingerprint density at radius 3 is 2.28 bits per heavy atom. The second kappa shape index (κ2) is 7.62. The molecule has 3 rings (SSSR count). The van der Waals surface area contributed by atoms with Gasteiger partial charge in [-0.05, 0) is 55.3 Å². The largest absolute Gasteiger partial charge is 0.355 e. The minimum Gasteiger partial charge on any atom is -0.355 e. The Morgan fingerprint density at radius 1 is 0.920 bits per heavy atom. The van der Waals surface area contributed by atoms with Crippen LogP contribution in [0, 0.1) is 6.92 Å². The molecule has 0 spiro atoms. The van der Waals surface area contributed by atoms with Gasteiger partial charge in [0.1, 0.15) is 5.69 Å². The van der Waals surface area contributed by atoms with Gasteiger partial charge in [-0.25, -0.2) is 0 Å². The van der Waals surface area contributed by atoms with E-state index in [4.69, 9.17) is 0 Å². The molecule has 1 amide bonds. The van der Waals surface area contributed by atoms with E-state index >= 15 is 0 Å². The number of rotatable bonds is 5. The molecule has 1 heterocycles. The lowest BCUT2D eigenvalue weighted by Gasteiger charge is -2.09. The van der Waals surface area contributed by atoms with Crippen molar-refractivity contribution in [2.75, 3.05) is 10.6 Å². The molecular formula is C21H21N3O. The molecule has 0 bridgehead atoms. The summed E-state index contributed by atoms with van der Waals surface area (Å²) in [5.74, 6) is -0.228. The number of carbonyl (C=O) groups is 1. The normalized spacial score (nSPS) is 10.3. The second-order valence-electron chi connectivity index (χ2n) is 5.93. The fourth-order valence-electron chi connectivity index (χ4n) is 2.45. The minimum atomic E-state index is -0.228. The van der Waals surface area contributed by atoms with E-state index in [2.05, 4.69) is 34.7 Å². The lowest BCUT2D eigenvalue weighted by Crippen LogP contribution is -2.13. The van der Waals surface area contributed by atoms with E-state index in [1.807, 2.05) is 49.4 Å². The lowest BCUT2D eigenvalue weighted by atomic mass is 10.1. The summed E-state index contributed by atoms with van der Waals surface area (Å²) in [6.07, 6.45) is 2.64. The van der Waals surface area contributed by atoms with Crippen LogP contribution in [0.3, 0.4) is 0 Å². The Bertz CT molecular complexity index is 855. The topological polar surface area (TPSA) is 54.0 Å². The van der Waals surface area contributed by atoms with Gasteiger partial charge in [-0.3, -0.25) is 9.78 Å². The molecule has 2 aromatic carbocycles. The highest BCUT2D eigenvalue weighted by Crippen LogP contribution is 2.18. The molecule has 0 unspecified atom stereocenters. The van der Waals surface area contributed by atoms with E-state index in [9.17, 15) is 4.79 Å². The summed E-state index contributed by atoms with van der Waals surface area (Å²) in [5, 5.41) is 6.16. The number of hydrogen-bond donors (Lipinski definition) is 2. The fraction of sp³-hybridized carbons (Fsp3) is 0.143. The van der Waals surface area contributed by atoms with E-state index < -0.39 is 0 Å². The summed E-state index contributed by atoms with van der Waals surface area (Å²) < 4.78 is 0. The van der Waals surface area contributed by atoms with Crippen LogP contribution in [0.2, 0.25) is 0 Å². The van der Waals surface area contributed by atoms with Crippen LogP contribution in [0.4, 0.5) is 17.1 Å². The Kier molecular flexibility index (Phi) is 5.09. The molecule has 0 saturated carbocycles. The monoisotopic (exact) mass is 331 g/mol. The molecule has 0 radical (unpaired) electrons. The van der Waals surface area contributed by atoms with Crippen LogP contribution in [0.25, 0.3) is 0 Å². The third-order valence-corrected chi connectivity index (χ3v) is 3.95. The maximum Gasteiger partial charge on any atom is 0.274 e. The third kappa shape index (κ3) is 4.44. The molecule has 4 nitrogen and oxygen atoms in total. The summed E-state index contributed by atoms with van der Waals surface area (Å²) in [6.45, 7) is 4.14. The smallest absolute Gasteiger partial charge is 0.274 e. The van der Waals surface area contributed by atoms with Gasteiger partial charge in [0.05, 0.1) is 0 Å². The molecule has 0 aliphatic rings. The number of anilines is 3. The first-order chi connectivity index (χ1) is 12.1. The van der Waals surface area contributed by atoms with Crippen LogP contribution < -0.4 is 10.6 Å². The van der Waals surface area contributed by atoms with Gasteiger partial charge >= 0.3 is 0 Å². The first kappa shape index (κ1) is 16.7. The van der Waals surface area contributed by atoms with Crippen molar-refractivity contribution in [1.29, 1.82) is 0 Å². The number of aryl methyl sites for hydroxylation is 2. The summed E-state index contributed by atoms with van der Waals surface area (Å²) in [5.41, 5.74) is 5.37. The van der Waals surface area contributed by atoms with Gasteiger partial charge in [0.25, 0.3) is 5.91 Å². The Labute approximate surface area is 147 Å². The summed E-state index contributed by atoms with van der Waals surface area (Å²) >= 11 is 0. The maximum atomic E-state index is 12.4. The van der Waals surface area contributed by atoms with Gasteiger partial charge in [0.2, 0.25) is 0 Å². The van der Waals surface area contributed by atoms with Crippen molar-refractivity contribution in [3.63, 3.8) is 0 Å². The fourth-order valence-corrected chi connectivity index (χ4v) is 2.45. The molecule has 1 aromatic heterocycles. The molecule has 3 aromatic rings. The first-order valence-electron chi connectivity index (χ1n) is 8.34. The summed E-state index contributed by atoms with van der Waals surface area (Å²) in [6, 6.07) is 19.5. The van der Waals surface area contributed by atoms with Crippen LogP contribution in [0.1, 0.15) is 28.5 Å². The van der Waals surface area contributed by atoms with Crippen LogP contribution in [0.5, 0.6) is 0 Å². The van der Waals surface area contributed by atoms with Crippen molar-refractivity contribution < 1.29 is 4.79 Å².